The highest BCUT2D eigenvalue weighted by molar-refractivity contribution is 5.75. The average molecular weight is 216 g/mol. The summed E-state index contributed by atoms with van der Waals surface area (Å²) in [4.78, 5) is 4.38. The van der Waals surface area contributed by atoms with E-state index >= 15 is 0 Å². The Morgan fingerprint density at radius 1 is 1.19 bits per heavy atom. The van der Waals surface area contributed by atoms with E-state index in [1.807, 2.05) is 24.5 Å². The van der Waals surface area contributed by atoms with Crippen molar-refractivity contribution in [2.45, 2.75) is 37.8 Å². The summed E-state index contributed by atoms with van der Waals surface area (Å²) >= 11 is 0. The van der Waals surface area contributed by atoms with Crippen molar-refractivity contribution in [3.05, 3.63) is 30.6 Å². The van der Waals surface area contributed by atoms with E-state index < -0.39 is 0 Å². The number of rotatable bonds is 1. The van der Waals surface area contributed by atoms with E-state index in [9.17, 15) is 5.11 Å². The molecule has 0 unspecified atom stereocenters. The molecule has 0 radical (unpaired) electrons. The van der Waals surface area contributed by atoms with Gasteiger partial charge < -0.3 is 9.67 Å². The molecule has 3 heteroatoms. The van der Waals surface area contributed by atoms with Gasteiger partial charge in [0.25, 0.3) is 0 Å². The first-order valence-corrected chi connectivity index (χ1v) is 5.96. The van der Waals surface area contributed by atoms with E-state index in [1.165, 1.54) is 6.42 Å². The number of hydrogen-bond donors (Lipinski definition) is 1. The standard InChI is InChI=1S/C13H16N2O/c16-13-8-4-3-7-12(13)15-9-14-10-5-1-2-6-11(10)15/h1-2,5-6,9,12-13,16H,3-4,7-8H2/t12-,13+/m1/s1. The molecule has 2 atom stereocenters. The van der Waals surface area contributed by atoms with Crippen LogP contribution in [0.5, 0.6) is 0 Å². The molecule has 1 saturated carbocycles. The SMILES string of the molecule is O[C@H]1CCCC[C@H]1n1cnc2ccccc21. The second kappa shape index (κ2) is 3.91. The van der Waals surface area contributed by atoms with Crippen molar-refractivity contribution < 1.29 is 5.11 Å². The summed E-state index contributed by atoms with van der Waals surface area (Å²) in [6.45, 7) is 0. The van der Waals surface area contributed by atoms with Crippen LogP contribution in [0.2, 0.25) is 0 Å². The molecule has 1 aromatic heterocycles. The molecule has 1 N–H and O–H groups in total. The van der Waals surface area contributed by atoms with Gasteiger partial charge in [-0.15, -0.1) is 0 Å². The molecular weight excluding hydrogens is 200 g/mol. The summed E-state index contributed by atoms with van der Waals surface area (Å²) in [5.74, 6) is 0. The highest BCUT2D eigenvalue weighted by atomic mass is 16.3. The van der Waals surface area contributed by atoms with E-state index in [2.05, 4.69) is 15.6 Å². The monoisotopic (exact) mass is 216 g/mol. The molecule has 3 nitrogen and oxygen atoms in total. The van der Waals surface area contributed by atoms with Gasteiger partial charge in [0, 0.05) is 0 Å². The number of fused-ring (bicyclic) bond motifs is 1. The molecule has 16 heavy (non-hydrogen) atoms. The van der Waals surface area contributed by atoms with Crippen molar-refractivity contribution in [3.8, 4) is 0 Å². The smallest absolute Gasteiger partial charge is 0.0961 e. The third-order valence-electron chi connectivity index (χ3n) is 3.53. The fraction of sp³-hybridized carbons (Fsp3) is 0.462. The number of aromatic nitrogens is 2. The van der Waals surface area contributed by atoms with Crippen molar-refractivity contribution in [1.82, 2.24) is 9.55 Å². The zero-order chi connectivity index (χ0) is 11.0. The lowest BCUT2D eigenvalue weighted by atomic mass is 9.92. The molecule has 1 aromatic carbocycles. The first kappa shape index (κ1) is 9.85. The average Bonchev–Trinajstić information content (AvgIpc) is 2.74. The van der Waals surface area contributed by atoms with Gasteiger partial charge in [0.1, 0.15) is 0 Å². The van der Waals surface area contributed by atoms with Gasteiger partial charge in [-0.3, -0.25) is 0 Å². The van der Waals surface area contributed by atoms with Crippen LogP contribution in [0.15, 0.2) is 30.6 Å². The number of aliphatic hydroxyl groups excluding tert-OH is 1. The maximum atomic E-state index is 10.1. The van der Waals surface area contributed by atoms with E-state index in [1.54, 1.807) is 0 Å². The zero-order valence-corrected chi connectivity index (χ0v) is 9.21. The number of para-hydroxylation sites is 2. The van der Waals surface area contributed by atoms with Crippen LogP contribution in [0.1, 0.15) is 31.7 Å². The maximum Gasteiger partial charge on any atom is 0.0961 e. The van der Waals surface area contributed by atoms with E-state index in [-0.39, 0.29) is 12.1 Å². The number of aliphatic hydroxyl groups is 1. The third kappa shape index (κ3) is 1.52. The van der Waals surface area contributed by atoms with Crippen LogP contribution < -0.4 is 0 Å². The predicted molar refractivity (Wildman–Crippen MR) is 63.2 cm³/mol. The molecule has 0 aliphatic heterocycles. The fourth-order valence-electron chi connectivity index (χ4n) is 2.66. The molecule has 2 aromatic rings. The highest BCUT2D eigenvalue weighted by Crippen LogP contribution is 2.30. The Kier molecular flexibility index (Phi) is 2.40. The topological polar surface area (TPSA) is 38.0 Å². The minimum atomic E-state index is -0.216. The van der Waals surface area contributed by atoms with Gasteiger partial charge in [0.15, 0.2) is 0 Å². The summed E-state index contributed by atoms with van der Waals surface area (Å²) in [6.07, 6.45) is 5.97. The van der Waals surface area contributed by atoms with Gasteiger partial charge in [0.05, 0.1) is 29.5 Å². The van der Waals surface area contributed by atoms with Crippen LogP contribution in [0, 0.1) is 0 Å². The quantitative estimate of drug-likeness (QED) is 0.795. The van der Waals surface area contributed by atoms with Gasteiger partial charge in [-0.05, 0) is 25.0 Å². The van der Waals surface area contributed by atoms with Gasteiger partial charge in [-0.2, -0.15) is 0 Å². The van der Waals surface area contributed by atoms with Crippen molar-refractivity contribution in [1.29, 1.82) is 0 Å². The Bertz CT molecular complexity index is 491. The lowest BCUT2D eigenvalue weighted by molar-refractivity contribution is 0.0773. The van der Waals surface area contributed by atoms with Crippen LogP contribution in [-0.4, -0.2) is 20.8 Å². The Balaban J connectivity index is 2.04. The minimum absolute atomic E-state index is 0.209. The zero-order valence-electron chi connectivity index (χ0n) is 9.21. The molecule has 0 saturated heterocycles. The van der Waals surface area contributed by atoms with Crippen molar-refractivity contribution >= 4 is 11.0 Å². The second-order valence-electron chi connectivity index (χ2n) is 4.56. The van der Waals surface area contributed by atoms with Crippen LogP contribution >= 0.6 is 0 Å². The minimum Gasteiger partial charge on any atom is -0.391 e. The van der Waals surface area contributed by atoms with Gasteiger partial charge >= 0.3 is 0 Å². The van der Waals surface area contributed by atoms with E-state index in [4.69, 9.17) is 0 Å². The Morgan fingerprint density at radius 2 is 2.00 bits per heavy atom. The Labute approximate surface area is 94.7 Å². The van der Waals surface area contributed by atoms with Crippen molar-refractivity contribution in [3.63, 3.8) is 0 Å². The molecule has 1 aliphatic carbocycles. The Morgan fingerprint density at radius 3 is 2.88 bits per heavy atom. The summed E-state index contributed by atoms with van der Waals surface area (Å²) in [7, 11) is 0. The third-order valence-corrected chi connectivity index (χ3v) is 3.53. The molecule has 1 fully saturated rings. The normalized spacial score (nSPS) is 26.1. The van der Waals surface area contributed by atoms with Crippen LogP contribution in [0.3, 0.4) is 0 Å². The summed E-state index contributed by atoms with van der Waals surface area (Å²) < 4.78 is 2.14. The lowest BCUT2D eigenvalue weighted by Gasteiger charge is -2.29. The predicted octanol–water partition coefficient (Wildman–Crippen LogP) is 2.51. The highest BCUT2D eigenvalue weighted by Gasteiger charge is 2.25. The van der Waals surface area contributed by atoms with Crippen LogP contribution in [0.25, 0.3) is 11.0 Å². The van der Waals surface area contributed by atoms with Gasteiger partial charge in [-0.25, -0.2) is 4.98 Å². The van der Waals surface area contributed by atoms with Crippen molar-refractivity contribution in [2.75, 3.05) is 0 Å². The fourth-order valence-corrected chi connectivity index (χ4v) is 2.66. The molecule has 0 amide bonds. The molecule has 0 bridgehead atoms. The molecule has 1 aliphatic rings. The second-order valence-corrected chi connectivity index (χ2v) is 4.56. The molecule has 84 valence electrons. The largest absolute Gasteiger partial charge is 0.391 e. The number of hydrogen-bond acceptors (Lipinski definition) is 2. The van der Waals surface area contributed by atoms with Crippen LogP contribution in [-0.2, 0) is 0 Å². The van der Waals surface area contributed by atoms with Gasteiger partial charge in [-0.1, -0.05) is 25.0 Å². The molecular formula is C13H16N2O. The molecule has 0 spiro atoms. The molecule has 3 rings (SSSR count). The lowest BCUT2D eigenvalue weighted by Crippen LogP contribution is -2.27. The summed E-state index contributed by atoms with van der Waals surface area (Å²) in [6, 6.07) is 8.32. The summed E-state index contributed by atoms with van der Waals surface area (Å²) in [5, 5.41) is 10.1. The van der Waals surface area contributed by atoms with Crippen LogP contribution in [0.4, 0.5) is 0 Å². The molecule has 1 heterocycles. The number of benzene rings is 1. The number of nitrogens with zero attached hydrogens (tertiary/aromatic N) is 2. The number of imidazole rings is 1. The van der Waals surface area contributed by atoms with E-state index in [0.717, 1.165) is 30.3 Å². The Hall–Kier alpha value is -1.35. The maximum absolute atomic E-state index is 10.1. The first-order chi connectivity index (χ1) is 7.86. The van der Waals surface area contributed by atoms with Gasteiger partial charge in [0.2, 0.25) is 0 Å². The van der Waals surface area contributed by atoms with E-state index in [0.29, 0.717) is 0 Å². The first-order valence-electron chi connectivity index (χ1n) is 5.96. The van der Waals surface area contributed by atoms with Crippen molar-refractivity contribution in [2.24, 2.45) is 0 Å². The summed E-state index contributed by atoms with van der Waals surface area (Å²) in [5.41, 5.74) is 2.15.